The van der Waals surface area contributed by atoms with E-state index in [1.165, 1.54) is 7.11 Å². The van der Waals surface area contributed by atoms with Crippen LogP contribution < -0.4 is 5.32 Å². The van der Waals surface area contributed by atoms with Crippen molar-refractivity contribution in [3.8, 4) is 0 Å². The molecule has 0 aliphatic rings. The predicted molar refractivity (Wildman–Crippen MR) is 50.9 cm³/mol. The van der Waals surface area contributed by atoms with E-state index in [1.54, 1.807) is 13.8 Å². The third-order valence-corrected chi connectivity index (χ3v) is 2.01. The topological polar surface area (TPSA) is 75.6 Å². The van der Waals surface area contributed by atoms with Crippen molar-refractivity contribution in [1.29, 1.82) is 0 Å². The first-order valence-electron chi connectivity index (χ1n) is 4.54. The fourth-order valence-corrected chi connectivity index (χ4v) is 1.05. The number of methoxy groups -OCH3 is 1. The Kier molecular flexibility index (Phi) is 5.87. The van der Waals surface area contributed by atoms with E-state index < -0.39 is 12.1 Å². The maximum Gasteiger partial charge on any atom is 0.407 e. The summed E-state index contributed by atoms with van der Waals surface area (Å²) in [6, 6.07) is -0.669. The Balaban J connectivity index is 4.39. The summed E-state index contributed by atoms with van der Waals surface area (Å²) < 4.78 is 4.39. The van der Waals surface area contributed by atoms with Gasteiger partial charge in [-0.3, -0.25) is 4.79 Å². The molecule has 0 aliphatic carbocycles. The Morgan fingerprint density at radius 1 is 1.50 bits per heavy atom. The smallest absolute Gasteiger partial charge is 0.407 e. The van der Waals surface area contributed by atoms with Crippen LogP contribution in [-0.4, -0.2) is 36.7 Å². The Morgan fingerprint density at radius 2 is 2.07 bits per heavy atom. The lowest BCUT2D eigenvalue weighted by atomic mass is 9.97. The zero-order valence-corrected chi connectivity index (χ0v) is 8.74. The van der Waals surface area contributed by atoms with Gasteiger partial charge in [0.05, 0.1) is 13.2 Å². The molecule has 0 saturated carbocycles. The molecule has 0 aromatic heterocycles. The fourth-order valence-electron chi connectivity index (χ4n) is 1.05. The highest BCUT2D eigenvalue weighted by atomic mass is 16.5. The molecule has 82 valence electrons. The van der Waals surface area contributed by atoms with Gasteiger partial charge in [0.25, 0.3) is 0 Å². The summed E-state index contributed by atoms with van der Waals surface area (Å²) in [5.41, 5.74) is 0. The Bertz CT molecular complexity index is 205. The van der Waals surface area contributed by atoms with Crippen molar-refractivity contribution in [2.75, 3.05) is 13.7 Å². The van der Waals surface area contributed by atoms with Crippen LogP contribution in [0.25, 0.3) is 0 Å². The lowest BCUT2D eigenvalue weighted by Gasteiger charge is -2.21. The highest BCUT2D eigenvalue weighted by molar-refractivity contribution is 5.87. The van der Waals surface area contributed by atoms with E-state index in [4.69, 9.17) is 5.11 Å². The summed E-state index contributed by atoms with van der Waals surface area (Å²) in [5.74, 6) is -0.418. The number of alkyl carbamates (subject to hydrolysis) is 1. The van der Waals surface area contributed by atoms with Gasteiger partial charge in [0.15, 0.2) is 5.78 Å². The SMILES string of the molecule is CCC(=O)C(NC(=O)OC)C(C)CO. The number of hydrogen-bond acceptors (Lipinski definition) is 4. The first kappa shape index (κ1) is 12.9. The third-order valence-electron chi connectivity index (χ3n) is 2.01. The van der Waals surface area contributed by atoms with Gasteiger partial charge in [0.2, 0.25) is 0 Å². The fraction of sp³-hybridized carbons (Fsp3) is 0.778. The molecule has 0 saturated heterocycles. The summed E-state index contributed by atoms with van der Waals surface area (Å²) >= 11 is 0. The van der Waals surface area contributed by atoms with Gasteiger partial charge in [-0.25, -0.2) is 4.79 Å². The molecule has 2 atom stereocenters. The second-order valence-electron chi connectivity index (χ2n) is 3.09. The summed E-state index contributed by atoms with van der Waals surface area (Å²) in [4.78, 5) is 22.3. The van der Waals surface area contributed by atoms with Crippen LogP contribution in [0.3, 0.4) is 0 Å². The molecule has 0 aromatic rings. The molecule has 2 N–H and O–H groups in total. The van der Waals surface area contributed by atoms with Crippen LogP contribution >= 0.6 is 0 Å². The molecule has 0 bridgehead atoms. The third kappa shape index (κ3) is 3.74. The predicted octanol–water partition coefficient (Wildman–Crippen LogP) is 0.319. The van der Waals surface area contributed by atoms with Crippen LogP contribution in [-0.2, 0) is 9.53 Å². The summed E-state index contributed by atoms with van der Waals surface area (Å²) in [6.07, 6.45) is -0.337. The number of rotatable bonds is 5. The lowest BCUT2D eigenvalue weighted by Crippen LogP contribution is -2.46. The van der Waals surface area contributed by atoms with Gasteiger partial charge in [-0.2, -0.15) is 0 Å². The first-order valence-corrected chi connectivity index (χ1v) is 4.54. The monoisotopic (exact) mass is 203 g/mol. The molecular formula is C9H17NO4. The van der Waals surface area contributed by atoms with Crippen LogP contribution in [0.1, 0.15) is 20.3 Å². The van der Waals surface area contributed by atoms with Gasteiger partial charge in [-0.05, 0) is 0 Å². The zero-order chi connectivity index (χ0) is 11.1. The summed E-state index contributed by atoms with van der Waals surface area (Å²) in [5, 5.41) is 11.3. The van der Waals surface area contributed by atoms with Crippen molar-refractivity contribution in [1.82, 2.24) is 5.32 Å². The van der Waals surface area contributed by atoms with E-state index in [-0.39, 0.29) is 18.3 Å². The van der Waals surface area contributed by atoms with Crippen LogP contribution in [0.5, 0.6) is 0 Å². The van der Waals surface area contributed by atoms with Crippen molar-refractivity contribution in [3.05, 3.63) is 0 Å². The molecular weight excluding hydrogens is 186 g/mol. The largest absolute Gasteiger partial charge is 0.453 e. The maximum atomic E-state index is 11.4. The zero-order valence-electron chi connectivity index (χ0n) is 8.74. The minimum Gasteiger partial charge on any atom is -0.453 e. The molecule has 0 radical (unpaired) electrons. The molecule has 0 spiro atoms. The van der Waals surface area contributed by atoms with Crippen molar-refractivity contribution in [2.45, 2.75) is 26.3 Å². The van der Waals surface area contributed by atoms with Crippen LogP contribution in [0, 0.1) is 5.92 Å². The van der Waals surface area contributed by atoms with Crippen LogP contribution in [0.4, 0.5) is 4.79 Å². The normalized spacial score (nSPS) is 14.3. The summed E-state index contributed by atoms with van der Waals surface area (Å²) in [6.45, 7) is 3.24. The Morgan fingerprint density at radius 3 is 2.43 bits per heavy atom. The van der Waals surface area contributed by atoms with Gasteiger partial charge < -0.3 is 15.2 Å². The number of amides is 1. The maximum absolute atomic E-state index is 11.4. The lowest BCUT2D eigenvalue weighted by molar-refractivity contribution is -0.122. The number of hydrogen-bond donors (Lipinski definition) is 2. The number of aliphatic hydroxyl groups is 1. The number of carbonyl (C=O) groups is 2. The quantitative estimate of drug-likeness (QED) is 0.674. The van der Waals surface area contributed by atoms with E-state index in [2.05, 4.69) is 10.1 Å². The summed E-state index contributed by atoms with van der Waals surface area (Å²) in [7, 11) is 1.23. The molecule has 14 heavy (non-hydrogen) atoms. The average molecular weight is 203 g/mol. The van der Waals surface area contributed by atoms with Crippen molar-refractivity contribution in [3.63, 3.8) is 0 Å². The molecule has 2 unspecified atom stereocenters. The Hall–Kier alpha value is -1.10. The van der Waals surface area contributed by atoms with E-state index in [0.29, 0.717) is 6.42 Å². The molecule has 0 aliphatic heterocycles. The highest BCUT2D eigenvalue weighted by Crippen LogP contribution is 2.05. The van der Waals surface area contributed by atoms with Gasteiger partial charge in [-0.15, -0.1) is 0 Å². The highest BCUT2D eigenvalue weighted by Gasteiger charge is 2.25. The van der Waals surface area contributed by atoms with Gasteiger partial charge in [0.1, 0.15) is 0 Å². The second kappa shape index (κ2) is 6.37. The van der Waals surface area contributed by atoms with Crippen LogP contribution in [0.2, 0.25) is 0 Å². The number of carbonyl (C=O) groups excluding carboxylic acids is 2. The minimum atomic E-state index is -0.669. The van der Waals surface area contributed by atoms with Gasteiger partial charge >= 0.3 is 6.09 Å². The molecule has 5 nitrogen and oxygen atoms in total. The number of Topliss-reactive ketones (excluding diaryl/α,β-unsaturated/α-hetero) is 1. The van der Waals surface area contributed by atoms with Crippen molar-refractivity contribution in [2.24, 2.45) is 5.92 Å². The number of ketones is 1. The second-order valence-corrected chi connectivity index (χ2v) is 3.09. The van der Waals surface area contributed by atoms with E-state index in [1.807, 2.05) is 0 Å². The van der Waals surface area contributed by atoms with Crippen molar-refractivity contribution < 1.29 is 19.4 Å². The van der Waals surface area contributed by atoms with E-state index in [9.17, 15) is 9.59 Å². The van der Waals surface area contributed by atoms with E-state index >= 15 is 0 Å². The van der Waals surface area contributed by atoms with Gasteiger partial charge in [-0.1, -0.05) is 13.8 Å². The number of nitrogens with one attached hydrogen (secondary N) is 1. The van der Waals surface area contributed by atoms with Gasteiger partial charge in [0, 0.05) is 18.9 Å². The number of aliphatic hydroxyl groups excluding tert-OH is 1. The Labute approximate surface area is 83.4 Å². The number of ether oxygens (including phenoxy) is 1. The first-order chi connectivity index (χ1) is 6.56. The molecule has 0 rings (SSSR count). The molecule has 5 heteroatoms. The molecule has 0 heterocycles. The molecule has 1 amide bonds. The van der Waals surface area contributed by atoms with E-state index in [0.717, 1.165) is 0 Å². The standard InChI is InChI=1S/C9H17NO4/c1-4-7(12)8(6(2)5-11)10-9(13)14-3/h6,8,11H,4-5H2,1-3H3,(H,10,13). The minimum absolute atomic E-state index is 0.114. The molecule has 0 fully saturated rings. The average Bonchev–Trinajstić information content (AvgIpc) is 2.23. The van der Waals surface area contributed by atoms with Crippen LogP contribution in [0.15, 0.2) is 0 Å². The van der Waals surface area contributed by atoms with Crippen molar-refractivity contribution >= 4 is 11.9 Å². The molecule has 0 aromatic carbocycles.